The summed E-state index contributed by atoms with van der Waals surface area (Å²) in [5.41, 5.74) is 7.98. The Morgan fingerprint density at radius 2 is 1.44 bits per heavy atom. The molecule has 0 spiro atoms. The third-order valence-corrected chi connectivity index (χ3v) is 8.95. The first-order valence-corrected chi connectivity index (χ1v) is 9.93. The van der Waals surface area contributed by atoms with Crippen molar-refractivity contribution < 1.29 is 13.0 Å². The van der Waals surface area contributed by atoms with Crippen LogP contribution in [0.5, 0.6) is 0 Å². The minimum absolute atomic E-state index is 0.844. The van der Waals surface area contributed by atoms with Gasteiger partial charge in [-0.2, -0.15) is 0 Å². The van der Waals surface area contributed by atoms with E-state index < -0.39 is 28.3 Å². The molecule has 0 amide bonds. The molecule has 0 radical (unpaired) electrons. The Labute approximate surface area is 104 Å². The van der Waals surface area contributed by atoms with Crippen LogP contribution in [-0.2, 0) is 8.23 Å². The van der Waals surface area contributed by atoms with Crippen LogP contribution in [0.4, 0.5) is 0 Å². The van der Waals surface area contributed by atoms with E-state index in [9.17, 15) is 4.80 Å². The molecule has 0 aliphatic rings. The lowest BCUT2D eigenvalue weighted by molar-refractivity contribution is 0.285. The molecule has 16 heavy (non-hydrogen) atoms. The second-order valence-corrected chi connectivity index (χ2v) is 9.48. The topological polar surface area (TPSA) is 38.7 Å². The summed E-state index contributed by atoms with van der Waals surface area (Å²) in [6.45, 7) is 11.7. The van der Waals surface area contributed by atoms with Crippen LogP contribution in [0.2, 0.25) is 0 Å². The quantitative estimate of drug-likeness (QED) is 0.694. The first kappa shape index (κ1) is 15.8. The van der Waals surface area contributed by atoms with Gasteiger partial charge in [-0.1, -0.05) is 29.1 Å². The minimum Gasteiger partial charge on any atom is -0.415 e. The molecular weight excluding hydrogens is 252 g/mol. The van der Waals surface area contributed by atoms with Gasteiger partial charge >= 0.3 is 8.80 Å². The van der Waals surface area contributed by atoms with Crippen LogP contribution in [0.1, 0.15) is 27.7 Å². The largest absolute Gasteiger partial charge is 0.505 e. The predicted octanol–water partition coefficient (Wildman–Crippen LogP) is 0.691. The summed E-state index contributed by atoms with van der Waals surface area (Å²) < 4.78 is 11.0. The Morgan fingerprint density at radius 1 is 1.06 bits per heavy atom. The molecule has 0 aliphatic carbocycles. The molecular formula is C10H22O3Si3. The highest BCUT2D eigenvalue weighted by molar-refractivity contribution is 6.74. The molecule has 0 saturated heterocycles. The van der Waals surface area contributed by atoms with Crippen molar-refractivity contribution in [1.82, 2.24) is 0 Å². The first-order chi connectivity index (χ1) is 7.39. The molecule has 3 nitrogen and oxygen atoms in total. The lowest BCUT2D eigenvalue weighted by Crippen LogP contribution is -2.42. The van der Waals surface area contributed by atoms with E-state index in [0.717, 1.165) is 0 Å². The van der Waals surface area contributed by atoms with E-state index in [4.69, 9.17) is 8.23 Å². The van der Waals surface area contributed by atoms with Crippen molar-refractivity contribution >= 4 is 28.3 Å². The minimum atomic E-state index is -3.06. The monoisotopic (exact) mass is 274 g/mol. The number of allylic oxidation sites excluding steroid dienone is 2. The van der Waals surface area contributed by atoms with E-state index in [1.165, 1.54) is 16.8 Å². The molecule has 0 aromatic heterocycles. The number of hydrogen-bond acceptors (Lipinski definition) is 3. The van der Waals surface area contributed by atoms with Crippen LogP contribution in [0, 0.1) is 0 Å². The zero-order chi connectivity index (χ0) is 12.6. The fourth-order valence-corrected chi connectivity index (χ4v) is 6.08. The summed E-state index contributed by atoms with van der Waals surface area (Å²) in [4.78, 5) is 10.0. The van der Waals surface area contributed by atoms with E-state index in [1.807, 2.05) is 39.1 Å². The summed E-state index contributed by atoms with van der Waals surface area (Å²) >= 11 is 0. The van der Waals surface area contributed by atoms with E-state index in [1.54, 1.807) is 0 Å². The summed E-state index contributed by atoms with van der Waals surface area (Å²) in [6, 6.07) is 0. The van der Waals surface area contributed by atoms with Gasteiger partial charge in [0.25, 0.3) is 0 Å². The molecule has 0 atom stereocenters. The van der Waals surface area contributed by atoms with E-state index in [0.29, 0.717) is 0 Å². The molecule has 1 N–H and O–H groups in total. The maximum absolute atomic E-state index is 10.0. The van der Waals surface area contributed by atoms with Crippen LogP contribution >= 0.6 is 0 Å². The van der Waals surface area contributed by atoms with Crippen molar-refractivity contribution in [3.05, 3.63) is 34.8 Å². The molecule has 0 saturated carbocycles. The van der Waals surface area contributed by atoms with Crippen LogP contribution in [0.3, 0.4) is 0 Å². The summed E-state index contributed by atoms with van der Waals surface area (Å²) in [6.07, 6.45) is 0. The molecule has 0 fully saturated rings. The van der Waals surface area contributed by atoms with Crippen LogP contribution in [-0.4, -0.2) is 33.1 Å². The molecule has 6 heteroatoms. The Balaban J connectivity index is 4.15. The van der Waals surface area contributed by atoms with Gasteiger partial charge in [0.1, 0.15) is 0 Å². The highest BCUT2D eigenvalue weighted by Crippen LogP contribution is 2.04. The van der Waals surface area contributed by atoms with E-state index >= 15 is 0 Å². The van der Waals surface area contributed by atoms with Crippen LogP contribution < -0.4 is 0 Å². The van der Waals surface area contributed by atoms with Gasteiger partial charge in [0, 0.05) is 0 Å². The van der Waals surface area contributed by atoms with Crippen molar-refractivity contribution in [2.75, 3.05) is 0 Å². The van der Waals surface area contributed by atoms with Crippen molar-refractivity contribution in [3.8, 4) is 0 Å². The molecule has 0 bridgehead atoms. The Morgan fingerprint density at radius 3 is 1.69 bits per heavy atom. The van der Waals surface area contributed by atoms with Gasteiger partial charge in [0.15, 0.2) is 19.5 Å². The Bertz CT molecular complexity index is 257. The molecule has 92 valence electrons. The van der Waals surface area contributed by atoms with Crippen molar-refractivity contribution in [2.45, 2.75) is 27.7 Å². The fourth-order valence-electron chi connectivity index (χ4n) is 0.815. The first-order valence-electron chi connectivity index (χ1n) is 5.30. The second-order valence-electron chi connectivity index (χ2n) is 4.02. The van der Waals surface area contributed by atoms with Gasteiger partial charge in [-0.3, -0.25) is 0 Å². The van der Waals surface area contributed by atoms with Gasteiger partial charge in [0.2, 0.25) is 0 Å². The van der Waals surface area contributed by atoms with E-state index in [2.05, 4.69) is 6.58 Å². The van der Waals surface area contributed by atoms with Crippen molar-refractivity contribution in [1.29, 1.82) is 0 Å². The average molecular weight is 275 g/mol. The van der Waals surface area contributed by atoms with Gasteiger partial charge in [0.05, 0.1) is 0 Å². The molecule has 0 rings (SSSR count). The standard InChI is InChI=1S/C10H22O3Si3/c1-6-16(11,12-14-7-9(2)3)13-15-8-10(4)5/h6-8,11H,1,14-15H2,2-5H3. The highest BCUT2D eigenvalue weighted by atomic mass is 28.4. The third kappa shape index (κ3) is 7.97. The van der Waals surface area contributed by atoms with Gasteiger partial charge in [-0.15, -0.1) is 0 Å². The molecule has 0 aromatic carbocycles. The smallest absolute Gasteiger partial charge is 0.415 e. The Kier molecular flexibility index (Phi) is 7.81. The fraction of sp³-hybridized carbons (Fsp3) is 0.400. The number of hydrogen-bond donors (Lipinski definition) is 1. The molecule has 0 aliphatic heterocycles. The summed E-state index contributed by atoms with van der Waals surface area (Å²) in [5, 5.41) is 0. The summed E-state index contributed by atoms with van der Waals surface area (Å²) in [7, 11) is -4.75. The Hall–Kier alpha value is -0.249. The zero-order valence-electron chi connectivity index (χ0n) is 10.6. The maximum Gasteiger partial charge on any atom is 0.505 e. The SMILES string of the molecule is C=C[Si](O)(O[SiH2]C=C(C)C)O[SiH2]C=C(C)C. The van der Waals surface area contributed by atoms with E-state index in [-0.39, 0.29) is 0 Å². The average Bonchev–Trinajstić information content (AvgIpc) is 2.16. The second kappa shape index (κ2) is 7.93. The molecule has 0 aromatic rings. The van der Waals surface area contributed by atoms with Gasteiger partial charge in [-0.05, 0) is 33.4 Å². The lowest BCUT2D eigenvalue weighted by Gasteiger charge is -2.20. The van der Waals surface area contributed by atoms with Gasteiger partial charge < -0.3 is 13.0 Å². The van der Waals surface area contributed by atoms with Crippen molar-refractivity contribution in [3.63, 3.8) is 0 Å². The van der Waals surface area contributed by atoms with Crippen molar-refractivity contribution in [2.24, 2.45) is 0 Å². The third-order valence-electron chi connectivity index (χ3n) is 1.82. The zero-order valence-corrected chi connectivity index (χ0v) is 14.4. The predicted molar refractivity (Wildman–Crippen MR) is 76.3 cm³/mol. The van der Waals surface area contributed by atoms with Crippen LogP contribution in [0.15, 0.2) is 34.8 Å². The normalized spacial score (nSPS) is 15.3. The van der Waals surface area contributed by atoms with Gasteiger partial charge in [-0.25, -0.2) is 0 Å². The summed E-state index contributed by atoms with van der Waals surface area (Å²) in [5.74, 6) is 0. The highest BCUT2D eigenvalue weighted by Gasteiger charge is 2.30. The van der Waals surface area contributed by atoms with Crippen LogP contribution in [0.25, 0.3) is 0 Å². The molecule has 0 unspecified atom stereocenters. The maximum atomic E-state index is 10.0. The number of rotatable bonds is 7. The lowest BCUT2D eigenvalue weighted by atomic mass is 10.4. The molecule has 0 heterocycles.